The molecule has 0 spiro atoms. The van der Waals surface area contributed by atoms with Gasteiger partial charge in [-0.3, -0.25) is 0 Å². The molecule has 6 nitrogen and oxygen atoms in total. The maximum absolute atomic E-state index is 9.33. The van der Waals surface area contributed by atoms with E-state index in [0.717, 1.165) is 0 Å². The summed E-state index contributed by atoms with van der Waals surface area (Å²) in [6.07, 6.45) is 2.12. The zero-order chi connectivity index (χ0) is 13.0. The van der Waals surface area contributed by atoms with Gasteiger partial charge in [-0.05, 0) is 12.1 Å². The van der Waals surface area contributed by atoms with Gasteiger partial charge in [-0.1, -0.05) is 17.7 Å². The molecule has 0 saturated carbocycles. The SMILES string of the molecule is OCC(O)CNc1cccc(Cl)c1-n1cncn1. The Labute approximate surface area is 109 Å². The Bertz CT molecular complexity index is 504. The molecular formula is C11H13ClN4O2. The fourth-order valence-corrected chi connectivity index (χ4v) is 1.77. The quantitative estimate of drug-likeness (QED) is 0.743. The third-order valence-electron chi connectivity index (χ3n) is 2.37. The molecule has 0 saturated heterocycles. The molecule has 96 valence electrons. The number of rotatable bonds is 5. The van der Waals surface area contributed by atoms with Crippen molar-refractivity contribution < 1.29 is 10.2 Å². The van der Waals surface area contributed by atoms with E-state index in [-0.39, 0.29) is 13.2 Å². The van der Waals surface area contributed by atoms with Crippen molar-refractivity contribution in [3.05, 3.63) is 35.9 Å². The second kappa shape index (κ2) is 5.81. The highest BCUT2D eigenvalue weighted by molar-refractivity contribution is 6.33. The molecule has 1 atom stereocenters. The minimum absolute atomic E-state index is 0.221. The fraction of sp³-hybridized carbons (Fsp3) is 0.273. The maximum atomic E-state index is 9.33. The van der Waals surface area contributed by atoms with Crippen LogP contribution in [-0.4, -0.2) is 44.2 Å². The van der Waals surface area contributed by atoms with Gasteiger partial charge in [0.1, 0.15) is 18.3 Å². The molecule has 0 bridgehead atoms. The molecule has 0 aliphatic heterocycles. The summed E-state index contributed by atoms with van der Waals surface area (Å²) in [6, 6.07) is 5.34. The molecule has 3 N–H and O–H groups in total. The van der Waals surface area contributed by atoms with Gasteiger partial charge in [-0.15, -0.1) is 0 Å². The van der Waals surface area contributed by atoms with Gasteiger partial charge in [0.2, 0.25) is 0 Å². The summed E-state index contributed by atoms with van der Waals surface area (Å²) in [7, 11) is 0. The largest absolute Gasteiger partial charge is 0.394 e. The van der Waals surface area contributed by atoms with Gasteiger partial charge in [0.15, 0.2) is 0 Å². The molecule has 1 aromatic carbocycles. The normalized spacial score (nSPS) is 12.4. The molecule has 0 amide bonds. The first-order chi connectivity index (χ1) is 8.72. The van der Waals surface area contributed by atoms with Crippen LogP contribution in [0.5, 0.6) is 0 Å². The van der Waals surface area contributed by atoms with Crippen LogP contribution in [0.3, 0.4) is 0 Å². The number of nitrogens with zero attached hydrogens (tertiary/aromatic N) is 3. The third kappa shape index (κ3) is 2.79. The Kier molecular flexibility index (Phi) is 4.14. The lowest BCUT2D eigenvalue weighted by Gasteiger charge is -2.14. The molecule has 7 heteroatoms. The Balaban J connectivity index is 2.27. The van der Waals surface area contributed by atoms with E-state index in [1.165, 1.54) is 17.3 Å². The summed E-state index contributed by atoms with van der Waals surface area (Å²) in [5, 5.41) is 25.7. The minimum atomic E-state index is -0.826. The number of aliphatic hydroxyl groups excluding tert-OH is 2. The second-order valence-corrected chi connectivity index (χ2v) is 4.10. The van der Waals surface area contributed by atoms with E-state index in [0.29, 0.717) is 16.4 Å². The smallest absolute Gasteiger partial charge is 0.138 e. The first-order valence-electron chi connectivity index (χ1n) is 5.38. The average Bonchev–Trinajstić information content (AvgIpc) is 2.89. The van der Waals surface area contributed by atoms with Gasteiger partial charge in [0, 0.05) is 6.54 Å². The summed E-state index contributed by atoms with van der Waals surface area (Å²) < 4.78 is 1.54. The maximum Gasteiger partial charge on any atom is 0.138 e. The van der Waals surface area contributed by atoms with Gasteiger partial charge in [-0.2, -0.15) is 5.10 Å². The number of hydrogen-bond acceptors (Lipinski definition) is 5. The highest BCUT2D eigenvalue weighted by atomic mass is 35.5. The molecule has 1 heterocycles. The minimum Gasteiger partial charge on any atom is -0.394 e. The summed E-state index contributed by atoms with van der Waals surface area (Å²) in [4.78, 5) is 3.87. The summed E-state index contributed by atoms with van der Waals surface area (Å²) in [5.41, 5.74) is 1.36. The van der Waals surface area contributed by atoms with E-state index >= 15 is 0 Å². The van der Waals surface area contributed by atoms with Crippen LogP contribution < -0.4 is 5.32 Å². The molecule has 0 fully saturated rings. The van der Waals surface area contributed by atoms with E-state index in [4.69, 9.17) is 16.7 Å². The van der Waals surface area contributed by atoms with Gasteiger partial charge >= 0.3 is 0 Å². The first-order valence-corrected chi connectivity index (χ1v) is 5.76. The van der Waals surface area contributed by atoms with Crippen LogP contribution in [0.25, 0.3) is 5.69 Å². The van der Waals surface area contributed by atoms with E-state index in [1.807, 2.05) is 6.07 Å². The summed E-state index contributed by atoms with van der Waals surface area (Å²) in [5.74, 6) is 0. The van der Waals surface area contributed by atoms with Crippen LogP contribution in [0, 0.1) is 0 Å². The summed E-state index contributed by atoms with van der Waals surface area (Å²) in [6.45, 7) is -0.0786. The molecule has 0 radical (unpaired) electrons. The number of para-hydroxylation sites is 1. The topological polar surface area (TPSA) is 83.2 Å². The van der Waals surface area contributed by atoms with Crippen molar-refractivity contribution in [2.75, 3.05) is 18.5 Å². The highest BCUT2D eigenvalue weighted by Gasteiger charge is 2.11. The number of anilines is 1. The number of benzene rings is 1. The van der Waals surface area contributed by atoms with Crippen molar-refractivity contribution in [2.24, 2.45) is 0 Å². The predicted molar refractivity (Wildman–Crippen MR) is 68.0 cm³/mol. The van der Waals surface area contributed by atoms with Crippen LogP contribution in [0.1, 0.15) is 0 Å². The predicted octanol–water partition coefficient (Wildman–Crippen LogP) is 0.686. The fourth-order valence-electron chi connectivity index (χ4n) is 1.51. The number of aromatic nitrogens is 3. The number of hydrogen-bond donors (Lipinski definition) is 3. The third-order valence-corrected chi connectivity index (χ3v) is 2.68. The van der Waals surface area contributed by atoms with Crippen molar-refractivity contribution in [2.45, 2.75) is 6.10 Å². The lowest BCUT2D eigenvalue weighted by molar-refractivity contribution is 0.105. The Morgan fingerprint density at radius 1 is 1.44 bits per heavy atom. The van der Waals surface area contributed by atoms with Crippen molar-refractivity contribution in [3.63, 3.8) is 0 Å². The van der Waals surface area contributed by atoms with Gasteiger partial charge in [-0.25, -0.2) is 9.67 Å². The van der Waals surface area contributed by atoms with Gasteiger partial charge < -0.3 is 15.5 Å². The van der Waals surface area contributed by atoms with E-state index in [1.54, 1.807) is 12.1 Å². The van der Waals surface area contributed by atoms with Crippen molar-refractivity contribution in [1.29, 1.82) is 0 Å². The van der Waals surface area contributed by atoms with Gasteiger partial charge in [0.25, 0.3) is 0 Å². The van der Waals surface area contributed by atoms with Crippen molar-refractivity contribution in [3.8, 4) is 5.69 Å². The van der Waals surface area contributed by atoms with Crippen LogP contribution in [0.15, 0.2) is 30.9 Å². The second-order valence-electron chi connectivity index (χ2n) is 3.69. The zero-order valence-corrected chi connectivity index (χ0v) is 10.2. The standard InChI is InChI=1S/C11H13ClN4O2/c12-9-2-1-3-10(14-4-8(18)5-17)11(9)16-7-13-6-15-16/h1-3,6-8,14,17-18H,4-5H2. The summed E-state index contributed by atoms with van der Waals surface area (Å²) >= 11 is 6.13. The molecular weight excluding hydrogens is 256 g/mol. The Hall–Kier alpha value is -1.63. The number of halogens is 1. The van der Waals surface area contributed by atoms with E-state index < -0.39 is 6.10 Å². The average molecular weight is 269 g/mol. The van der Waals surface area contributed by atoms with Crippen LogP contribution >= 0.6 is 11.6 Å². The van der Waals surface area contributed by atoms with E-state index in [2.05, 4.69) is 15.4 Å². The lowest BCUT2D eigenvalue weighted by Crippen LogP contribution is -2.23. The molecule has 1 unspecified atom stereocenters. The Morgan fingerprint density at radius 3 is 2.94 bits per heavy atom. The lowest BCUT2D eigenvalue weighted by atomic mass is 10.2. The monoisotopic (exact) mass is 268 g/mol. The zero-order valence-electron chi connectivity index (χ0n) is 9.49. The van der Waals surface area contributed by atoms with Crippen LogP contribution in [0.4, 0.5) is 5.69 Å². The molecule has 1 aromatic heterocycles. The number of nitrogens with one attached hydrogen (secondary N) is 1. The molecule has 2 aromatic rings. The molecule has 18 heavy (non-hydrogen) atoms. The highest BCUT2D eigenvalue weighted by Crippen LogP contribution is 2.27. The molecule has 0 aliphatic carbocycles. The number of aliphatic hydroxyl groups is 2. The van der Waals surface area contributed by atoms with Crippen molar-refractivity contribution in [1.82, 2.24) is 14.8 Å². The van der Waals surface area contributed by atoms with Crippen LogP contribution in [0.2, 0.25) is 5.02 Å². The Morgan fingerprint density at radius 2 is 2.28 bits per heavy atom. The molecule has 2 rings (SSSR count). The van der Waals surface area contributed by atoms with E-state index in [9.17, 15) is 5.11 Å². The molecule has 0 aliphatic rings. The first kappa shape index (κ1) is 12.8. The van der Waals surface area contributed by atoms with Gasteiger partial charge in [0.05, 0.1) is 23.4 Å². The van der Waals surface area contributed by atoms with Crippen molar-refractivity contribution >= 4 is 17.3 Å². The van der Waals surface area contributed by atoms with Crippen LogP contribution in [-0.2, 0) is 0 Å².